The van der Waals surface area contributed by atoms with Crippen LogP contribution >= 0.6 is 0 Å². The minimum atomic E-state index is 0.631. The topological polar surface area (TPSA) is 15.3 Å². The van der Waals surface area contributed by atoms with Crippen molar-refractivity contribution in [3.05, 3.63) is 34.9 Å². The quantitative estimate of drug-likeness (QED) is 0.787. The molecule has 19 heavy (non-hydrogen) atoms. The van der Waals surface area contributed by atoms with Gasteiger partial charge in [-0.3, -0.25) is 4.90 Å². The Labute approximate surface area is 118 Å². The monoisotopic (exact) mass is 260 g/mol. The third kappa shape index (κ3) is 3.37. The van der Waals surface area contributed by atoms with E-state index in [1.54, 1.807) is 11.1 Å². The molecule has 2 heteroatoms. The predicted octanol–water partition coefficient (Wildman–Crippen LogP) is 3.52. The Morgan fingerprint density at radius 2 is 2.11 bits per heavy atom. The molecule has 0 aliphatic carbocycles. The van der Waals surface area contributed by atoms with Gasteiger partial charge in [-0.1, -0.05) is 39.0 Å². The van der Waals surface area contributed by atoms with Crippen LogP contribution in [-0.2, 0) is 13.0 Å². The second kappa shape index (κ2) is 7.06. The van der Waals surface area contributed by atoms with Crippen LogP contribution in [0.3, 0.4) is 0 Å². The van der Waals surface area contributed by atoms with Gasteiger partial charge < -0.3 is 5.32 Å². The summed E-state index contributed by atoms with van der Waals surface area (Å²) < 4.78 is 0. The Kier molecular flexibility index (Phi) is 5.41. The van der Waals surface area contributed by atoms with Crippen molar-refractivity contribution in [3.63, 3.8) is 0 Å². The van der Waals surface area contributed by atoms with E-state index in [9.17, 15) is 0 Å². The average Bonchev–Trinajstić information content (AvgIpc) is 2.46. The van der Waals surface area contributed by atoms with Gasteiger partial charge in [0.25, 0.3) is 0 Å². The van der Waals surface area contributed by atoms with Crippen LogP contribution in [0.5, 0.6) is 0 Å². The number of benzene rings is 1. The van der Waals surface area contributed by atoms with Crippen molar-refractivity contribution in [3.8, 4) is 0 Å². The van der Waals surface area contributed by atoms with Crippen LogP contribution < -0.4 is 5.32 Å². The highest BCUT2D eigenvalue weighted by Gasteiger charge is 2.24. The standard InChI is InChI=1S/C17H28N2/c1-4-10-18-13-14-7-8-16-15(12-14)9-11-19(6-3)17(16)5-2/h7-8,12,17-18H,4-6,9-11,13H2,1-3H3. The molecular formula is C17H28N2. The van der Waals surface area contributed by atoms with Gasteiger partial charge >= 0.3 is 0 Å². The van der Waals surface area contributed by atoms with Crippen molar-refractivity contribution < 1.29 is 0 Å². The summed E-state index contributed by atoms with van der Waals surface area (Å²) in [5, 5.41) is 3.49. The number of nitrogens with one attached hydrogen (secondary N) is 1. The van der Waals surface area contributed by atoms with Gasteiger partial charge in [0, 0.05) is 19.1 Å². The summed E-state index contributed by atoms with van der Waals surface area (Å²) >= 11 is 0. The van der Waals surface area contributed by atoms with E-state index >= 15 is 0 Å². The molecule has 1 aliphatic rings. The molecule has 0 bridgehead atoms. The molecule has 0 fully saturated rings. The van der Waals surface area contributed by atoms with Gasteiger partial charge in [-0.2, -0.15) is 0 Å². The van der Waals surface area contributed by atoms with Crippen molar-refractivity contribution in [2.24, 2.45) is 0 Å². The number of hydrogen-bond acceptors (Lipinski definition) is 2. The first kappa shape index (κ1) is 14.5. The summed E-state index contributed by atoms with van der Waals surface area (Å²) in [6.45, 7) is 11.3. The maximum absolute atomic E-state index is 3.49. The van der Waals surface area contributed by atoms with Crippen LogP contribution in [0.2, 0.25) is 0 Å². The maximum Gasteiger partial charge on any atom is 0.0348 e. The SMILES string of the molecule is CCCNCc1ccc2c(c1)CCN(CC)C2CC. The van der Waals surface area contributed by atoms with E-state index in [1.807, 2.05) is 0 Å². The van der Waals surface area contributed by atoms with Crippen LogP contribution in [-0.4, -0.2) is 24.5 Å². The molecule has 1 aromatic carbocycles. The summed E-state index contributed by atoms with van der Waals surface area (Å²) in [6, 6.07) is 7.73. The summed E-state index contributed by atoms with van der Waals surface area (Å²) in [7, 11) is 0. The molecule has 106 valence electrons. The fourth-order valence-corrected chi connectivity index (χ4v) is 3.19. The van der Waals surface area contributed by atoms with Crippen LogP contribution in [0, 0.1) is 0 Å². The molecule has 1 heterocycles. The van der Waals surface area contributed by atoms with Crippen LogP contribution in [0.1, 0.15) is 56.3 Å². The van der Waals surface area contributed by atoms with Gasteiger partial charge in [0.05, 0.1) is 0 Å². The average molecular weight is 260 g/mol. The van der Waals surface area contributed by atoms with E-state index in [0.717, 1.165) is 19.6 Å². The van der Waals surface area contributed by atoms with Crippen molar-refractivity contribution in [1.29, 1.82) is 0 Å². The third-order valence-corrected chi connectivity index (χ3v) is 4.22. The first-order valence-corrected chi connectivity index (χ1v) is 7.86. The lowest BCUT2D eigenvalue weighted by atomic mass is 9.89. The molecule has 1 N–H and O–H groups in total. The molecular weight excluding hydrogens is 232 g/mol. The van der Waals surface area contributed by atoms with Crippen molar-refractivity contribution in [1.82, 2.24) is 10.2 Å². The fraction of sp³-hybridized carbons (Fsp3) is 0.647. The highest BCUT2D eigenvalue weighted by molar-refractivity contribution is 5.36. The van der Waals surface area contributed by atoms with Gasteiger partial charge in [-0.05, 0) is 49.0 Å². The number of rotatable bonds is 6. The second-order valence-corrected chi connectivity index (χ2v) is 5.51. The van der Waals surface area contributed by atoms with E-state index < -0.39 is 0 Å². The first-order chi connectivity index (χ1) is 9.30. The molecule has 2 nitrogen and oxygen atoms in total. The summed E-state index contributed by atoms with van der Waals surface area (Å²) in [5.74, 6) is 0. The number of fused-ring (bicyclic) bond motifs is 1. The van der Waals surface area contributed by atoms with Gasteiger partial charge in [-0.15, -0.1) is 0 Å². The highest BCUT2D eigenvalue weighted by atomic mass is 15.2. The van der Waals surface area contributed by atoms with E-state index in [-0.39, 0.29) is 0 Å². The third-order valence-electron chi connectivity index (χ3n) is 4.22. The van der Waals surface area contributed by atoms with Crippen LogP contribution in [0.4, 0.5) is 0 Å². The Morgan fingerprint density at radius 1 is 1.26 bits per heavy atom. The minimum absolute atomic E-state index is 0.631. The molecule has 0 aromatic heterocycles. The zero-order valence-corrected chi connectivity index (χ0v) is 12.7. The van der Waals surface area contributed by atoms with Gasteiger partial charge in [0.2, 0.25) is 0 Å². The minimum Gasteiger partial charge on any atom is -0.313 e. The number of nitrogens with zero attached hydrogens (tertiary/aromatic N) is 1. The lowest BCUT2D eigenvalue weighted by Crippen LogP contribution is -2.35. The van der Waals surface area contributed by atoms with E-state index in [2.05, 4.69) is 49.2 Å². The second-order valence-electron chi connectivity index (χ2n) is 5.51. The molecule has 1 unspecified atom stereocenters. The Morgan fingerprint density at radius 3 is 2.79 bits per heavy atom. The normalized spacial score (nSPS) is 19.4. The van der Waals surface area contributed by atoms with Crippen molar-refractivity contribution >= 4 is 0 Å². The van der Waals surface area contributed by atoms with Crippen LogP contribution in [0.15, 0.2) is 18.2 Å². The molecule has 1 aliphatic heterocycles. The Bertz CT molecular complexity index is 400. The smallest absolute Gasteiger partial charge is 0.0348 e. The molecule has 1 aromatic rings. The van der Waals surface area contributed by atoms with Gasteiger partial charge in [-0.25, -0.2) is 0 Å². The first-order valence-electron chi connectivity index (χ1n) is 7.86. The molecule has 0 saturated carbocycles. The zero-order chi connectivity index (χ0) is 13.7. The zero-order valence-electron chi connectivity index (χ0n) is 12.7. The van der Waals surface area contributed by atoms with Crippen molar-refractivity contribution in [2.75, 3.05) is 19.6 Å². The molecule has 0 radical (unpaired) electrons. The fourth-order valence-electron chi connectivity index (χ4n) is 3.19. The molecule has 0 spiro atoms. The van der Waals surface area contributed by atoms with Crippen molar-refractivity contribution in [2.45, 2.75) is 52.6 Å². The summed E-state index contributed by atoms with van der Waals surface area (Å²) in [6.07, 6.45) is 3.63. The highest BCUT2D eigenvalue weighted by Crippen LogP contribution is 2.32. The number of likely N-dealkylation sites (N-methyl/N-ethyl adjacent to an activating group) is 1. The molecule has 1 atom stereocenters. The number of hydrogen-bond donors (Lipinski definition) is 1. The summed E-state index contributed by atoms with van der Waals surface area (Å²) in [4.78, 5) is 2.61. The van der Waals surface area contributed by atoms with E-state index in [4.69, 9.17) is 0 Å². The van der Waals surface area contributed by atoms with E-state index in [1.165, 1.54) is 31.4 Å². The van der Waals surface area contributed by atoms with Crippen LogP contribution in [0.25, 0.3) is 0 Å². The molecule has 0 amide bonds. The molecule has 0 saturated heterocycles. The van der Waals surface area contributed by atoms with Gasteiger partial charge in [0.1, 0.15) is 0 Å². The predicted molar refractivity (Wildman–Crippen MR) is 82.4 cm³/mol. The maximum atomic E-state index is 3.49. The largest absolute Gasteiger partial charge is 0.313 e. The lowest BCUT2D eigenvalue weighted by molar-refractivity contribution is 0.190. The Hall–Kier alpha value is -0.860. The Balaban J connectivity index is 2.13. The molecule has 2 rings (SSSR count). The van der Waals surface area contributed by atoms with E-state index in [0.29, 0.717) is 6.04 Å². The lowest BCUT2D eigenvalue weighted by Gasteiger charge is -2.36. The van der Waals surface area contributed by atoms with Gasteiger partial charge in [0.15, 0.2) is 0 Å². The summed E-state index contributed by atoms with van der Waals surface area (Å²) in [5.41, 5.74) is 4.58.